The molecule has 1 aliphatic rings. The van der Waals surface area contributed by atoms with Crippen molar-refractivity contribution in [3.63, 3.8) is 0 Å². The summed E-state index contributed by atoms with van der Waals surface area (Å²) in [4.78, 5) is 4.12. The van der Waals surface area contributed by atoms with E-state index in [0.717, 1.165) is 18.6 Å². The molecule has 0 fully saturated rings. The molecule has 2 nitrogen and oxygen atoms in total. The molecule has 0 saturated carbocycles. The molecule has 0 radical (unpaired) electrons. The van der Waals surface area contributed by atoms with Crippen molar-refractivity contribution in [1.29, 1.82) is 0 Å². The number of alkyl halides is 3. The van der Waals surface area contributed by atoms with E-state index in [4.69, 9.17) is 4.74 Å². The molecule has 2 rings (SSSR count). The van der Waals surface area contributed by atoms with Crippen LogP contribution in [0, 0.1) is 0 Å². The quantitative estimate of drug-likeness (QED) is 0.787. The second-order valence-corrected chi connectivity index (χ2v) is 3.91. The number of nitrogens with zero attached hydrogens (tertiary/aromatic N) is 1. The standard InChI is InChI=1S/C13H12F3NO/c1-18-12-6-5-9(13(14,15)16)8-10(12)11-4-2-3-7-17-11/h3,5-8H,2,4H2,1H3. The molecule has 18 heavy (non-hydrogen) atoms. The van der Waals surface area contributed by atoms with E-state index >= 15 is 0 Å². The van der Waals surface area contributed by atoms with Gasteiger partial charge in [-0.2, -0.15) is 13.2 Å². The first-order valence-corrected chi connectivity index (χ1v) is 5.49. The van der Waals surface area contributed by atoms with Crippen LogP contribution in [0.2, 0.25) is 0 Å². The zero-order valence-electron chi connectivity index (χ0n) is 9.79. The third-order valence-corrected chi connectivity index (χ3v) is 2.72. The summed E-state index contributed by atoms with van der Waals surface area (Å²) in [6.07, 6.45) is 0.528. The molecule has 1 aromatic rings. The first kappa shape index (κ1) is 12.7. The highest BCUT2D eigenvalue weighted by atomic mass is 19.4. The summed E-state index contributed by atoms with van der Waals surface area (Å²) in [5.41, 5.74) is 0.354. The van der Waals surface area contributed by atoms with E-state index < -0.39 is 11.7 Å². The van der Waals surface area contributed by atoms with Gasteiger partial charge >= 0.3 is 6.18 Å². The SMILES string of the molecule is COc1ccc(C(F)(F)F)cc1C1=NC=CCC1. The zero-order chi connectivity index (χ0) is 13.2. The van der Waals surface area contributed by atoms with Crippen LogP contribution in [0.3, 0.4) is 0 Å². The molecule has 5 heteroatoms. The summed E-state index contributed by atoms with van der Waals surface area (Å²) in [5.74, 6) is 0.414. The van der Waals surface area contributed by atoms with Gasteiger partial charge in [0, 0.05) is 11.8 Å². The van der Waals surface area contributed by atoms with Gasteiger partial charge in [0.2, 0.25) is 0 Å². The Hall–Kier alpha value is -1.78. The summed E-state index contributed by atoms with van der Waals surface area (Å²) >= 11 is 0. The molecule has 0 bridgehead atoms. The number of aliphatic imine (C=N–C) groups is 1. The van der Waals surface area contributed by atoms with Crippen molar-refractivity contribution >= 4 is 5.71 Å². The second-order valence-electron chi connectivity index (χ2n) is 3.91. The summed E-state index contributed by atoms with van der Waals surface area (Å²) < 4.78 is 43.1. The normalized spacial score (nSPS) is 15.4. The minimum Gasteiger partial charge on any atom is -0.496 e. The van der Waals surface area contributed by atoms with Gasteiger partial charge in [0.15, 0.2) is 0 Å². The van der Waals surface area contributed by atoms with Crippen molar-refractivity contribution in [3.05, 3.63) is 41.6 Å². The number of rotatable bonds is 2. The fourth-order valence-corrected chi connectivity index (χ4v) is 1.82. The van der Waals surface area contributed by atoms with Crippen molar-refractivity contribution < 1.29 is 17.9 Å². The maximum Gasteiger partial charge on any atom is 0.416 e. The predicted molar refractivity (Wildman–Crippen MR) is 62.9 cm³/mol. The topological polar surface area (TPSA) is 21.6 Å². The minimum absolute atomic E-state index is 0.414. The molecule has 0 N–H and O–H groups in total. The largest absolute Gasteiger partial charge is 0.496 e. The van der Waals surface area contributed by atoms with Gasteiger partial charge in [-0.25, -0.2) is 0 Å². The molecule has 0 amide bonds. The lowest BCUT2D eigenvalue weighted by molar-refractivity contribution is -0.137. The Labute approximate surface area is 103 Å². The van der Waals surface area contributed by atoms with Gasteiger partial charge in [-0.15, -0.1) is 0 Å². The van der Waals surface area contributed by atoms with E-state index in [1.54, 1.807) is 6.20 Å². The average molecular weight is 255 g/mol. The highest BCUT2D eigenvalue weighted by molar-refractivity contribution is 6.03. The van der Waals surface area contributed by atoms with E-state index in [-0.39, 0.29) is 0 Å². The van der Waals surface area contributed by atoms with Crippen LogP contribution in [0.5, 0.6) is 5.75 Å². The average Bonchev–Trinajstić information content (AvgIpc) is 2.38. The van der Waals surface area contributed by atoms with Crippen LogP contribution in [0.1, 0.15) is 24.0 Å². The Bertz CT molecular complexity index is 503. The Morgan fingerprint density at radius 3 is 2.61 bits per heavy atom. The Kier molecular flexibility index (Phi) is 3.41. The van der Waals surface area contributed by atoms with Crippen LogP contribution in [-0.4, -0.2) is 12.8 Å². The number of halogens is 3. The molecule has 1 aromatic carbocycles. The lowest BCUT2D eigenvalue weighted by Crippen LogP contribution is -2.10. The number of methoxy groups -OCH3 is 1. The van der Waals surface area contributed by atoms with Crippen molar-refractivity contribution in [2.24, 2.45) is 4.99 Å². The van der Waals surface area contributed by atoms with Crippen LogP contribution in [0.25, 0.3) is 0 Å². The van der Waals surface area contributed by atoms with Gasteiger partial charge in [-0.1, -0.05) is 6.08 Å². The van der Waals surface area contributed by atoms with Crippen molar-refractivity contribution in [1.82, 2.24) is 0 Å². The predicted octanol–water partition coefficient (Wildman–Crippen LogP) is 3.81. The van der Waals surface area contributed by atoms with Crippen LogP contribution >= 0.6 is 0 Å². The number of hydrogen-bond donors (Lipinski definition) is 0. The third kappa shape index (κ3) is 2.55. The van der Waals surface area contributed by atoms with Crippen LogP contribution in [0.4, 0.5) is 13.2 Å². The number of hydrogen-bond acceptors (Lipinski definition) is 2. The van der Waals surface area contributed by atoms with Gasteiger partial charge in [-0.3, -0.25) is 4.99 Å². The van der Waals surface area contributed by atoms with E-state index in [2.05, 4.69) is 4.99 Å². The first-order chi connectivity index (χ1) is 8.52. The van der Waals surface area contributed by atoms with Crippen LogP contribution < -0.4 is 4.74 Å². The van der Waals surface area contributed by atoms with Crippen LogP contribution in [-0.2, 0) is 6.18 Å². The monoisotopic (exact) mass is 255 g/mol. The van der Waals surface area contributed by atoms with Crippen molar-refractivity contribution in [3.8, 4) is 5.75 Å². The molecule has 96 valence electrons. The molecule has 0 aromatic heterocycles. The number of allylic oxidation sites excluding steroid dienone is 1. The molecule has 0 spiro atoms. The third-order valence-electron chi connectivity index (χ3n) is 2.72. The number of benzene rings is 1. The first-order valence-electron chi connectivity index (χ1n) is 5.49. The maximum absolute atomic E-state index is 12.7. The van der Waals surface area contributed by atoms with Gasteiger partial charge in [0.1, 0.15) is 5.75 Å². The van der Waals surface area contributed by atoms with E-state index in [0.29, 0.717) is 23.4 Å². The van der Waals surface area contributed by atoms with Gasteiger partial charge < -0.3 is 4.74 Å². The van der Waals surface area contributed by atoms with Gasteiger partial charge in [-0.05, 0) is 31.0 Å². The Balaban J connectivity index is 2.49. The maximum atomic E-state index is 12.7. The minimum atomic E-state index is -4.36. The lowest BCUT2D eigenvalue weighted by atomic mass is 10.0. The Morgan fingerprint density at radius 1 is 1.28 bits per heavy atom. The van der Waals surface area contributed by atoms with Gasteiger partial charge in [0.05, 0.1) is 18.4 Å². The molecular weight excluding hydrogens is 243 g/mol. The highest BCUT2D eigenvalue weighted by Crippen LogP contribution is 2.33. The fraction of sp³-hybridized carbons (Fsp3) is 0.308. The summed E-state index contributed by atoms with van der Waals surface area (Å²) in [6.45, 7) is 0. The van der Waals surface area contributed by atoms with E-state index in [1.165, 1.54) is 13.2 Å². The molecule has 1 heterocycles. The Morgan fingerprint density at radius 2 is 2.06 bits per heavy atom. The molecular formula is C13H12F3NO. The highest BCUT2D eigenvalue weighted by Gasteiger charge is 2.31. The lowest BCUT2D eigenvalue weighted by Gasteiger charge is -2.15. The molecule has 0 unspecified atom stereocenters. The van der Waals surface area contributed by atoms with Crippen molar-refractivity contribution in [2.75, 3.05) is 7.11 Å². The van der Waals surface area contributed by atoms with Crippen LogP contribution in [0.15, 0.2) is 35.5 Å². The van der Waals surface area contributed by atoms with E-state index in [9.17, 15) is 13.2 Å². The second kappa shape index (κ2) is 4.84. The van der Waals surface area contributed by atoms with Crippen molar-refractivity contribution in [2.45, 2.75) is 19.0 Å². The molecule has 1 aliphatic heterocycles. The summed E-state index contributed by atoms with van der Waals surface area (Å²) in [5, 5.41) is 0. The summed E-state index contributed by atoms with van der Waals surface area (Å²) in [6, 6.07) is 3.44. The smallest absolute Gasteiger partial charge is 0.416 e. The van der Waals surface area contributed by atoms with Gasteiger partial charge in [0.25, 0.3) is 0 Å². The molecule has 0 aliphatic carbocycles. The molecule has 0 saturated heterocycles. The molecule has 0 atom stereocenters. The fourth-order valence-electron chi connectivity index (χ4n) is 1.82. The summed E-state index contributed by atoms with van der Waals surface area (Å²) in [7, 11) is 1.44. The van der Waals surface area contributed by atoms with E-state index in [1.807, 2.05) is 6.08 Å². The zero-order valence-corrected chi connectivity index (χ0v) is 9.79. The number of ether oxygens (including phenoxy) is 1.